The van der Waals surface area contributed by atoms with Gasteiger partial charge in [0.1, 0.15) is 0 Å². The highest BCUT2D eigenvalue weighted by Crippen LogP contribution is 2.32. The van der Waals surface area contributed by atoms with E-state index in [1.165, 1.54) is 10.7 Å². The fourth-order valence-corrected chi connectivity index (χ4v) is 4.88. The molecule has 0 amide bonds. The molecule has 0 bridgehead atoms. The summed E-state index contributed by atoms with van der Waals surface area (Å²) in [7, 11) is -3.62. The Bertz CT molecular complexity index is 1210. The first-order valence-electron chi connectivity index (χ1n) is 10.3. The maximum absolute atomic E-state index is 13.0. The largest absolute Gasteiger partial charge is 0.416 e. The van der Waals surface area contributed by atoms with Gasteiger partial charge in [-0.05, 0) is 47.7 Å². The second kappa shape index (κ2) is 10.3. The number of alkyl halides is 3. The second-order valence-electron chi connectivity index (χ2n) is 7.96. The lowest BCUT2D eigenvalue weighted by Gasteiger charge is -2.36. The Kier molecular flexibility index (Phi) is 7.84. The van der Waals surface area contributed by atoms with Gasteiger partial charge >= 0.3 is 6.18 Å². The van der Waals surface area contributed by atoms with Crippen molar-refractivity contribution in [1.82, 2.24) is 25.1 Å². The van der Waals surface area contributed by atoms with Crippen molar-refractivity contribution in [1.29, 1.82) is 0 Å². The van der Waals surface area contributed by atoms with Crippen LogP contribution >= 0.6 is 12.4 Å². The summed E-state index contributed by atoms with van der Waals surface area (Å²) in [6, 6.07) is 11.9. The third-order valence-corrected chi connectivity index (χ3v) is 7.13. The Morgan fingerprint density at radius 3 is 2.32 bits per heavy atom. The van der Waals surface area contributed by atoms with Gasteiger partial charge in [0.2, 0.25) is 0 Å². The van der Waals surface area contributed by atoms with Crippen LogP contribution in [0, 0.1) is 6.92 Å². The molecule has 0 atom stereocenters. The predicted octanol–water partition coefficient (Wildman–Crippen LogP) is 3.18. The van der Waals surface area contributed by atoms with Crippen molar-refractivity contribution < 1.29 is 21.6 Å². The van der Waals surface area contributed by atoms with Crippen molar-refractivity contribution >= 4 is 27.9 Å². The Morgan fingerprint density at radius 1 is 1.00 bits per heavy atom. The first kappa shape index (κ1) is 25.9. The SMILES string of the molecule is Cc1ccc(S(=O)(=O)Cn2nnnc2CN2CCN(c3cccc(C(F)(F)F)c3)CC2)cc1.Cl. The highest BCUT2D eigenvalue weighted by atomic mass is 35.5. The molecule has 1 aliphatic rings. The van der Waals surface area contributed by atoms with Crippen LogP contribution in [0.3, 0.4) is 0 Å². The molecule has 13 heteroatoms. The fourth-order valence-electron chi connectivity index (χ4n) is 3.66. The Labute approximate surface area is 201 Å². The van der Waals surface area contributed by atoms with Crippen molar-refractivity contribution in [2.45, 2.75) is 30.4 Å². The summed E-state index contributed by atoms with van der Waals surface area (Å²) in [6.07, 6.45) is -4.38. The van der Waals surface area contributed by atoms with Gasteiger partial charge in [0.25, 0.3) is 0 Å². The molecule has 0 saturated carbocycles. The zero-order valence-electron chi connectivity index (χ0n) is 18.3. The maximum Gasteiger partial charge on any atom is 0.416 e. The zero-order valence-corrected chi connectivity index (χ0v) is 19.9. The number of tetrazole rings is 1. The number of hydrogen-bond acceptors (Lipinski definition) is 7. The van der Waals surface area contributed by atoms with Crippen molar-refractivity contribution in [2.24, 2.45) is 0 Å². The number of rotatable bonds is 6. The monoisotopic (exact) mass is 516 g/mol. The van der Waals surface area contributed by atoms with E-state index in [1.54, 1.807) is 30.3 Å². The highest BCUT2D eigenvalue weighted by Gasteiger charge is 2.31. The van der Waals surface area contributed by atoms with Crippen LogP contribution in [0.2, 0.25) is 0 Å². The fraction of sp³-hybridized carbons (Fsp3) is 0.381. The summed E-state index contributed by atoms with van der Waals surface area (Å²) in [5, 5.41) is 11.4. The minimum absolute atomic E-state index is 0. The molecular formula is C21H24ClF3N6O2S. The zero-order chi connectivity index (χ0) is 23.6. The molecule has 1 saturated heterocycles. The lowest BCUT2D eigenvalue weighted by molar-refractivity contribution is -0.137. The number of halogens is 4. The van der Waals surface area contributed by atoms with Crippen LogP contribution in [0.15, 0.2) is 53.4 Å². The predicted molar refractivity (Wildman–Crippen MR) is 122 cm³/mol. The van der Waals surface area contributed by atoms with Crippen LogP contribution in [-0.2, 0) is 28.4 Å². The number of aryl methyl sites for hydroxylation is 1. The van der Waals surface area contributed by atoms with Crippen LogP contribution < -0.4 is 4.90 Å². The van der Waals surface area contributed by atoms with Gasteiger partial charge in [-0.2, -0.15) is 13.2 Å². The molecule has 8 nitrogen and oxygen atoms in total. The van der Waals surface area contributed by atoms with E-state index in [2.05, 4.69) is 15.5 Å². The quantitative estimate of drug-likeness (QED) is 0.497. The number of anilines is 1. The van der Waals surface area contributed by atoms with E-state index in [4.69, 9.17) is 0 Å². The standard InChI is InChI=1S/C21H23F3N6O2S.ClH/c1-16-5-7-19(8-6-16)33(31,32)15-30-20(25-26-27-30)14-28-9-11-29(12-10-28)18-4-2-3-17(13-18)21(22,23)24;/h2-8,13H,9-12,14-15H2,1H3;1H. The molecule has 184 valence electrons. The highest BCUT2D eigenvalue weighted by molar-refractivity contribution is 7.90. The first-order chi connectivity index (χ1) is 15.6. The topological polar surface area (TPSA) is 84.2 Å². The van der Waals surface area contributed by atoms with E-state index in [0.717, 1.165) is 17.7 Å². The number of benzene rings is 2. The molecule has 1 fully saturated rings. The molecule has 4 rings (SSSR count). The molecule has 0 aliphatic carbocycles. The molecule has 1 aromatic heterocycles. The molecular weight excluding hydrogens is 493 g/mol. The van der Waals surface area contributed by atoms with Crippen LogP contribution in [0.4, 0.5) is 18.9 Å². The average molecular weight is 517 g/mol. The third kappa shape index (κ3) is 6.05. The van der Waals surface area contributed by atoms with E-state index in [1.807, 2.05) is 16.7 Å². The molecule has 3 aromatic rings. The minimum Gasteiger partial charge on any atom is -0.369 e. The van der Waals surface area contributed by atoms with Gasteiger partial charge in [-0.3, -0.25) is 4.90 Å². The molecule has 2 heterocycles. The van der Waals surface area contributed by atoms with Crippen molar-refractivity contribution in [3.8, 4) is 0 Å². The Morgan fingerprint density at radius 2 is 1.68 bits per heavy atom. The van der Waals surface area contributed by atoms with Gasteiger partial charge in [-0.1, -0.05) is 23.8 Å². The lowest BCUT2D eigenvalue weighted by atomic mass is 10.1. The molecule has 2 aromatic carbocycles. The summed E-state index contributed by atoms with van der Waals surface area (Å²) < 4.78 is 65.7. The maximum atomic E-state index is 13.0. The summed E-state index contributed by atoms with van der Waals surface area (Å²) in [5.41, 5.74) is 0.816. The molecule has 34 heavy (non-hydrogen) atoms. The molecule has 0 N–H and O–H groups in total. The molecule has 0 spiro atoms. The number of piperazine rings is 1. The van der Waals surface area contributed by atoms with E-state index < -0.39 is 21.6 Å². The van der Waals surface area contributed by atoms with Crippen molar-refractivity contribution in [3.63, 3.8) is 0 Å². The van der Waals surface area contributed by atoms with E-state index in [0.29, 0.717) is 44.2 Å². The van der Waals surface area contributed by atoms with Gasteiger partial charge in [-0.25, -0.2) is 13.1 Å². The van der Waals surface area contributed by atoms with Gasteiger partial charge in [0.05, 0.1) is 17.0 Å². The number of sulfone groups is 1. The molecule has 0 unspecified atom stereocenters. The first-order valence-corrected chi connectivity index (χ1v) is 12.0. The third-order valence-electron chi connectivity index (χ3n) is 5.55. The van der Waals surface area contributed by atoms with Crippen LogP contribution in [0.5, 0.6) is 0 Å². The average Bonchev–Trinajstić information content (AvgIpc) is 3.20. The second-order valence-corrected chi connectivity index (χ2v) is 9.92. The molecule has 0 radical (unpaired) electrons. The van der Waals surface area contributed by atoms with E-state index in [-0.39, 0.29) is 23.2 Å². The summed E-state index contributed by atoms with van der Waals surface area (Å²) in [4.78, 5) is 4.14. The van der Waals surface area contributed by atoms with Crippen LogP contribution in [0.1, 0.15) is 17.0 Å². The van der Waals surface area contributed by atoms with E-state index in [9.17, 15) is 21.6 Å². The minimum atomic E-state index is -4.38. The normalized spacial score (nSPS) is 15.2. The number of nitrogens with zero attached hydrogens (tertiary/aromatic N) is 6. The van der Waals surface area contributed by atoms with Crippen molar-refractivity contribution in [3.05, 3.63) is 65.5 Å². The lowest BCUT2D eigenvalue weighted by Crippen LogP contribution is -2.46. The summed E-state index contributed by atoms with van der Waals surface area (Å²) in [6.45, 7) is 4.44. The summed E-state index contributed by atoms with van der Waals surface area (Å²) >= 11 is 0. The molecule has 1 aliphatic heterocycles. The number of aromatic nitrogens is 4. The van der Waals surface area contributed by atoms with Crippen LogP contribution in [0.25, 0.3) is 0 Å². The van der Waals surface area contributed by atoms with E-state index >= 15 is 0 Å². The van der Waals surface area contributed by atoms with Crippen molar-refractivity contribution in [2.75, 3.05) is 31.1 Å². The van der Waals surface area contributed by atoms with Gasteiger partial charge < -0.3 is 4.90 Å². The van der Waals surface area contributed by atoms with Crippen LogP contribution in [-0.4, -0.2) is 59.7 Å². The number of hydrogen-bond donors (Lipinski definition) is 0. The van der Waals surface area contributed by atoms with Gasteiger partial charge in [0, 0.05) is 31.9 Å². The Balaban J connectivity index is 0.00000324. The van der Waals surface area contributed by atoms with Gasteiger partial charge in [-0.15, -0.1) is 17.5 Å². The Hall–Kier alpha value is -2.70. The smallest absolute Gasteiger partial charge is 0.369 e. The van der Waals surface area contributed by atoms with Gasteiger partial charge in [0.15, 0.2) is 21.5 Å². The summed E-state index contributed by atoms with van der Waals surface area (Å²) in [5.74, 6) is 0.0426.